The number of carbonyl (C=O) groups excluding carboxylic acids is 1. The van der Waals surface area contributed by atoms with Crippen LogP contribution in [-0.2, 0) is 19.6 Å². The van der Waals surface area contributed by atoms with Crippen LogP contribution in [0, 0.1) is 6.92 Å². The predicted octanol–water partition coefficient (Wildman–Crippen LogP) is 1.76. The van der Waals surface area contributed by atoms with Gasteiger partial charge >= 0.3 is 0 Å². The van der Waals surface area contributed by atoms with Gasteiger partial charge in [0.2, 0.25) is 5.91 Å². The smallest absolute Gasteiger partial charge is 0.264 e. The highest BCUT2D eigenvalue weighted by atomic mass is 32.2. The van der Waals surface area contributed by atoms with E-state index in [-0.39, 0.29) is 17.4 Å². The standard InChI is InChI=1S/C14H19NO4S/c1-11-5-2-3-7-13(11)20(17,18)15-14(16)9-8-12-6-4-10-19-12/h2-3,5,7,12H,4,6,8-10H2,1H3,(H,15,16). The van der Waals surface area contributed by atoms with E-state index >= 15 is 0 Å². The Hall–Kier alpha value is -1.40. The second-order valence-corrected chi connectivity index (χ2v) is 6.62. The first-order valence-electron chi connectivity index (χ1n) is 6.72. The summed E-state index contributed by atoms with van der Waals surface area (Å²) < 4.78 is 31.7. The fourth-order valence-corrected chi connectivity index (χ4v) is 3.54. The van der Waals surface area contributed by atoms with Crippen molar-refractivity contribution in [2.24, 2.45) is 0 Å². The van der Waals surface area contributed by atoms with Crippen molar-refractivity contribution in [1.82, 2.24) is 4.72 Å². The SMILES string of the molecule is Cc1ccccc1S(=O)(=O)NC(=O)CCC1CCCO1. The summed E-state index contributed by atoms with van der Waals surface area (Å²) in [5.41, 5.74) is 0.618. The minimum Gasteiger partial charge on any atom is -0.378 e. The Kier molecular flexibility index (Phi) is 4.77. The summed E-state index contributed by atoms with van der Waals surface area (Å²) in [5.74, 6) is -0.483. The molecule has 0 radical (unpaired) electrons. The number of sulfonamides is 1. The van der Waals surface area contributed by atoms with Gasteiger partial charge < -0.3 is 4.74 Å². The number of nitrogens with one attached hydrogen (secondary N) is 1. The Morgan fingerprint density at radius 1 is 1.40 bits per heavy atom. The fraction of sp³-hybridized carbons (Fsp3) is 0.500. The number of benzene rings is 1. The van der Waals surface area contributed by atoms with E-state index in [2.05, 4.69) is 4.72 Å². The minimum atomic E-state index is -3.78. The maximum Gasteiger partial charge on any atom is 0.264 e. The Morgan fingerprint density at radius 3 is 2.80 bits per heavy atom. The second kappa shape index (κ2) is 6.37. The first-order valence-corrected chi connectivity index (χ1v) is 8.20. The molecule has 1 N–H and O–H groups in total. The molecule has 5 nitrogen and oxygen atoms in total. The van der Waals surface area contributed by atoms with Crippen LogP contribution in [0.3, 0.4) is 0 Å². The lowest BCUT2D eigenvalue weighted by Crippen LogP contribution is -2.31. The molecule has 1 aromatic carbocycles. The van der Waals surface area contributed by atoms with E-state index in [9.17, 15) is 13.2 Å². The summed E-state index contributed by atoms with van der Waals surface area (Å²) in [7, 11) is -3.78. The molecule has 110 valence electrons. The van der Waals surface area contributed by atoms with Crippen molar-refractivity contribution in [3.05, 3.63) is 29.8 Å². The third kappa shape index (κ3) is 3.80. The summed E-state index contributed by atoms with van der Waals surface area (Å²) in [4.78, 5) is 11.9. The van der Waals surface area contributed by atoms with Gasteiger partial charge in [0.1, 0.15) is 0 Å². The van der Waals surface area contributed by atoms with Crippen molar-refractivity contribution < 1.29 is 17.9 Å². The zero-order valence-electron chi connectivity index (χ0n) is 11.5. The molecule has 0 spiro atoms. The maximum atomic E-state index is 12.1. The number of hydrogen-bond donors (Lipinski definition) is 1. The van der Waals surface area contributed by atoms with Gasteiger partial charge in [0, 0.05) is 13.0 Å². The van der Waals surface area contributed by atoms with E-state index in [1.54, 1.807) is 25.1 Å². The Balaban J connectivity index is 1.94. The minimum absolute atomic E-state index is 0.0851. The summed E-state index contributed by atoms with van der Waals surface area (Å²) in [6.07, 6.45) is 2.76. The second-order valence-electron chi connectivity index (χ2n) is 4.97. The van der Waals surface area contributed by atoms with Crippen LogP contribution in [0.4, 0.5) is 0 Å². The lowest BCUT2D eigenvalue weighted by atomic mass is 10.1. The molecule has 1 unspecified atom stereocenters. The molecule has 0 aromatic heterocycles. The quantitative estimate of drug-likeness (QED) is 0.899. The lowest BCUT2D eigenvalue weighted by Gasteiger charge is -2.11. The van der Waals surface area contributed by atoms with E-state index in [0.717, 1.165) is 19.4 Å². The van der Waals surface area contributed by atoms with Gasteiger partial charge in [-0.25, -0.2) is 13.1 Å². The third-order valence-electron chi connectivity index (χ3n) is 3.35. The van der Waals surface area contributed by atoms with Crippen molar-refractivity contribution in [2.45, 2.75) is 43.6 Å². The number of aryl methyl sites for hydroxylation is 1. The predicted molar refractivity (Wildman–Crippen MR) is 74.7 cm³/mol. The van der Waals surface area contributed by atoms with Crippen molar-refractivity contribution in [1.29, 1.82) is 0 Å². The molecule has 1 aliphatic rings. The fourth-order valence-electron chi connectivity index (χ4n) is 2.28. The summed E-state index contributed by atoms with van der Waals surface area (Å²) in [6, 6.07) is 6.59. The van der Waals surface area contributed by atoms with Crippen LogP contribution in [0.15, 0.2) is 29.2 Å². The number of rotatable bonds is 5. The first kappa shape index (κ1) is 15.0. The van der Waals surface area contributed by atoms with Crippen molar-refractivity contribution in [3.63, 3.8) is 0 Å². The highest BCUT2D eigenvalue weighted by molar-refractivity contribution is 7.90. The van der Waals surface area contributed by atoms with Crippen molar-refractivity contribution in [2.75, 3.05) is 6.61 Å². The average Bonchev–Trinajstić information content (AvgIpc) is 2.89. The molecule has 0 bridgehead atoms. The zero-order valence-corrected chi connectivity index (χ0v) is 12.3. The molecule has 1 amide bonds. The summed E-state index contributed by atoms with van der Waals surface area (Å²) >= 11 is 0. The number of ether oxygens (including phenoxy) is 1. The van der Waals surface area contributed by atoms with Gasteiger partial charge in [0.25, 0.3) is 10.0 Å². The molecule has 1 aromatic rings. The molecule has 2 rings (SSSR count). The number of carbonyl (C=O) groups is 1. The summed E-state index contributed by atoms with van der Waals surface area (Å²) in [6.45, 7) is 2.43. The van der Waals surface area contributed by atoms with Crippen molar-refractivity contribution >= 4 is 15.9 Å². The molecule has 1 atom stereocenters. The van der Waals surface area contributed by atoms with Crippen molar-refractivity contribution in [3.8, 4) is 0 Å². The summed E-state index contributed by atoms with van der Waals surface area (Å²) in [5, 5.41) is 0. The topological polar surface area (TPSA) is 72.5 Å². The third-order valence-corrected chi connectivity index (χ3v) is 4.88. The van der Waals surface area contributed by atoms with Crippen LogP contribution in [0.2, 0.25) is 0 Å². The van der Waals surface area contributed by atoms with E-state index < -0.39 is 15.9 Å². The zero-order chi connectivity index (χ0) is 14.6. The van der Waals surface area contributed by atoms with Gasteiger partial charge in [-0.1, -0.05) is 18.2 Å². The normalized spacial score (nSPS) is 18.9. The van der Waals surface area contributed by atoms with E-state index in [4.69, 9.17) is 4.74 Å². The Bertz CT molecular complexity index is 577. The van der Waals surface area contributed by atoms with Gasteiger partial charge in [0.05, 0.1) is 11.0 Å². The molecule has 1 fully saturated rings. The molecular weight excluding hydrogens is 278 g/mol. The van der Waals surface area contributed by atoms with Gasteiger partial charge in [-0.2, -0.15) is 0 Å². The van der Waals surface area contributed by atoms with Crippen LogP contribution in [0.5, 0.6) is 0 Å². The molecule has 0 aliphatic carbocycles. The number of amides is 1. The average molecular weight is 297 g/mol. The maximum absolute atomic E-state index is 12.1. The van der Waals surface area contributed by atoms with E-state index in [1.165, 1.54) is 6.07 Å². The molecule has 1 saturated heterocycles. The Labute approximate surface area is 119 Å². The lowest BCUT2D eigenvalue weighted by molar-refractivity contribution is -0.119. The van der Waals surface area contributed by atoms with Crippen LogP contribution in [-0.4, -0.2) is 27.0 Å². The first-order chi connectivity index (χ1) is 9.49. The van der Waals surface area contributed by atoms with Gasteiger partial charge in [-0.05, 0) is 37.8 Å². The Morgan fingerprint density at radius 2 is 2.15 bits per heavy atom. The monoisotopic (exact) mass is 297 g/mol. The highest BCUT2D eigenvalue weighted by Crippen LogP contribution is 2.17. The van der Waals surface area contributed by atoms with E-state index in [0.29, 0.717) is 12.0 Å². The van der Waals surface area contributed by atoms with Crippen LogP contribution >= 0.6 is 0 Å². The van der Waals surface area contributed by atoms with E-state index in [1.807, 2.05) is 0 Å². The molecular formula is C14H19NO4S. The van der Waals surface area contributed by atoms with Gasteiger partial charge in [-0.15, -0.1) is 0 Å². The largest absolute Gasteiger partial charge is 0.378 e. The van der Waals surface area contributed by atoms with Gasteiger partial charge in [-0.3, -0.25) is 4.79 Å². The molecule has 1 heterocycles. The van der Waals surface area contributed by atoms with Crippen LogP contribution in [0.25, 0.3) is 0 Å². The molecule has 0 saturated carbocycles. The molecule has 20 heavy (non-hydrogen) atoms. The number of hydrogen-bond acceptors (Lipinski definition) is 4. The molecule has 6 heteroatoms. The van der Waals surface area contributed by atoms with Crippen LogP contribution < -0.4 is 4.72 Å². The molecule has 1 aliphatic heterocycles. The van der Waals surface area contributed by atoms with Crippen LogP contribution in [0.1, 0.15) is 31.2 Å². The highest BCUT2D eigenvalue weighted by Gasteiger charge is 2.21. The van der Waals surface area contributed by atoms with Gasteiger partial charge in [0.15, 0.2) is 0 Å².